The SMILES string of the molecule is COc1cc(CNc2ccc(Br)c(C)c2)ccc1O. The number of aromatic hydroxyl groups is 1. The van der Waals surface area contributed by atoms with Gasteiger partial charge in [0.15, 0.2) is 11.5 Å². The Morgan fingerprint density at radius 1 is 1.21 bits per heavy atom. The van der Waals surface area contributed by atoms with Crippen molar-refractivity contribution in [2.24, 2.45) is 0 Å². The molecule has 2 aromatic rings. The van der Waals surface area contributed by atoms with Crippen LogP contribution in [-0.4, -0.2) is 12.2 Å². The molecule has 19 heavy (non-hydrogen) atoms. The van der Waals surface area contributed by atoms with Crippen LogP contribution in [0.2, 0.25) is 0 Å². The Kier molecular flexibility index (Phi) is 4.32. The van der Waals surface area contributed by atoms with Crippen molar-refractivity contribution in [3.05, 3.63) is 52.0 Å². The van der Waals surface area contributed by atoms with Crippen molar-refractivity contribution < 1.29 is 9.84 Å². The maximum Gasteiger partial charge on any atom is 0.160 e. The number of phenols is 1. The number of aryl methyl sites for hydroxylation is 1. The number of phenolic OH excluding ortho intramolecular Hbond substituents is 1. The van der Waals surface area contributed by atoms with Gasteiger partial charge in [0.25, 0.3) is 0 Å². The normalized spacial score (nSPS) is 10.3. The van der Waals surface area contributed by atoms with Crippen LogP contribution in [0.15, 0.2) is 40.9 Å². The summed E-state index contributed by atoms with van der Waals surface area (Å²) in [6, 6.07) is 11.5. The Morgan fingerprint density at radius 2 is 2.00 bits per heavy atom. The lowest BCUT2D eigenvalue weighted by atomic mass is 10.2. The molecule has 3 nitrogen and oxygen atoms in total. The van der Waals surface area contributed by atoms with Gasteiger partial charge >= 0.3 is 0 Å². The predicted octanol–water partition coefficient (Wildman–Crippen LogP) is 4.08. The highest BCUT2D eigenvalue weighted by atomic mass is 79.9. The minimum absolute atomic E-state index is 0.158. The first kappa shape index (κ1) is 13.7. The zero-order valence-electron chi connectivity index (χ0n) is 10.9. The average Bonchev–Trinajstić information content (AvgIpc) is 2.41. The highest BCUT2D eigenvalue weighted by Gasteiger charge is 2.03. The quantitative estimate of drug-likeness (QED) is 0.891. The molecule has 0 spiro atoms. The number of ether oxygens (including phenoxy) is 1. The van der Waals surface area contributed by atoms with Crippen molar-refractivity contribution >= 4 is 21.6 Å². The van der Waals surface area contributed by atoms with Gasteiger partial charge in [-0.15, -0.1) is 0 Å². The van der Waals surface area contributed by atoms with E-state index < -0.39 is 0 Å². The van der Waals surface area contributed by atoms with E-state index in [1.165, 1.54) is 5.56 Å². The summed E-state index contributed by atoms with van der Waals surface area (Å²) >= 11 is 3.48. The molecule has 0 saturated carbocycles. The van der Waals surface area contributed by atoms with Crippen LogP contribution in [0.4, 0.5) is 5.69 Å². The Balaban J connectivity index is 2.07. The van der Waals surface area contributed by atoms with Crippen molar-refractivity contribution in [3.8, 4) is 11.5 Å². The van der Waals surface area contributed by atoms with Crippen LogP contribution in [0.5, 0.6) is 11.5 Å². The van der Waals surface area contributed by atoms with Crippen molar-refractivity contribution in [1.82, 2.24) is 0 Å². The van der Waals surface area contributed by atoms with Gasteiger partial charge in [-0.2, -0.15) is 0 Å². The molecular formula is C15H16BrNO2. The number of hydrogen-bond donors (Lipinski definition) is 2. The first-order valence-electron chi connectivity index (χ1n) is 5.96. The van der Waals surface area contributed by atoms with Crippen LogP contribution in [0.1, 0.15) is 11.1 Å². The van der Waals surface area contributed by atoms with Gasteiger partial charge in [0, 0.05) is 16.7 Å². The lowest BCUT2D eigenvalue weighted by Gasteiger charge is -2.10. The molecule has 0 aliphatic rings. The molecule has 2 rings (SSSR count). The fourth-order valence-electron chi connectivity index (χ4n) is 1.79. The maximum atomic E-state index is 9.54. The molecule has 0 unspecified atom stereocenters. The molecule has 0 bridgehead atoms. The molecule has 0 radical (unpaired) electrons. The molecule has 0 aliphatic heterocycles. The molecule has 0 fully saturated rings. The molecule has 0 atom stereocenters. The van der Waals surface area contributed by atoms with Gasteiger partial charge in [-0.3, -0.25) is 0 Å². The highest BCUT2D eigenvalue weighted by Crippen LogP contribution is 2.27. The summed E-state index contributed by atoms with van der Waals surface area (Å²) in [4.78, 5) is 0. The second-order valence-corrected chi connectivity index (χ2v) is 5.18. The summed E-state index contributed by atoms with van der Waals surface area (Å²) in [7, 11) is 1.55. The number of methoxy groups -OCH3 is 1. The largest absolute Gasteiger partial charge is 0.504 e. The second kappa shape index (κ2) is 5.97. The van der Waals surface area contributed by atoms with Crippen LogP contribution in [0, 0.1) is 6.92 Å². The van der Waals surface area contributed by atoms with E-state index in [0.29, 0.717) is 12.3 Å². The van der Waals surface area contributed by atoms with Crippen molar-refractivity contribution in [3.63, 3.8) is 0 Å². The Morgan fingerprint density at radius 3 is 2.68 bits per heavy atom. The number of anilines is 1. The lowest BCUT2D eigenvalue weighted by molar-refractivity contribution is 0.373. The maximum absolute atomic E-state index is 9.54. The van der Waals surface area contributed by atoms with Gasteiger partial charge in [0.1, 0.15) is 0 Å². The van der Waals surface area contributed by atoms with Crippen LogP contribution < -0.4 is 10.1 Å². The number of halogens is 1. The zero-order chi connectivity index (χ0) is 13.8. The number of nitrogens with one attached hydrogen (secondary N) is 1. The fourth-order valence-corrected chi connectivity index (χ4v) is 2.04. The molecule has 0 amide bonds. The first-order chi connectivity index (χ1) is 9.10. The third-order valence-corrected chi connectivity index (χ3v) is 3.79. The van der Waals surface area contributed by atoms with E-state index in [-0.39, 0.29) is 5.75 Å². The van der Waals surface area contributed by atoms with Gasteiger partial charge in [0.2, 0.25) is 0 Å². The molecule has 0 saturated heterocycles. The topological polar surface area (TPSA) is 41.5 Å². The van der Waals surface area contributed by atoms with Crippen LogP contribution in [-0.2, 0) is 6.54 Å². The van der Waals surface area contributed by atoms with E-state index in [1.807, 2.05) is 24.3 Å². The molecule has 0 aromatic heterocycles. The molecular weight excluding hydrogens is 306 g/mol. The van der Waals surface area contributed by atoms with Gasteiger partial charge < -0.3 is 15.2 Å². The Labute approximate surface area is 121 Å². The number of hydrogen-bond acceptors (Lipinski definition) is 3. The highest BCUT2D eigenvalue weighted by molar-refractivity contribution is 9.10. The average molecular weight is 322 g/mol. The Bertz CT molecular complexity index is 584. The van der Waals surface area contributed by atoms with E-state index in [4.69, 9.17) is 4.74 Å². The zero-order valence-corrected chi connectivity index (χ0v) is 12.5. The third-order valence-electron chi connectivity index (χ3n) is 2.90. The summed E-state index contributed by atoms with van der Waals surface area (Å²) in [5, 5.41) is 12.9. The first-order valence-corrected chi connectivity index (χ1v) is 6.75. The molecule has 2 N–H and O–H groups in total. The van der Waals surface area contributed by atoms with Crippen LogP contribution in [0.3, 0.4) is 0 Å². The van der Waals surface area contributed by atoms with Crippen molar-refractivity contribution in [2.75, 3.05) is 12.4 Å². The van der Waals surface area contributed by atoms with E-state index in [2.05, 4.69) is 34.2 Å². The number of rotatable bonds is 4. The standard InChI is InChI=1S/C15H16BrNO2/c1-10-7-12(4-5-13(10)16)17-9-11-3-6-14(18)15(8-11)19-2/h3-8,17-18H,9H2,1-2H3. The molecule has 100 valence electrons. The monoisotopic (exact) mass is 321 g/mol. The van der Waals surface area contributed by atoms with Crippen molar-refractivity contribution in [2.45, 2.75) is 13.5 Å². The van der Waals surface area contributed by atoms with Crippen molar-refractivity contribution in [1.29, 1.82) is 0 Å². The fraction of sp³-hybridized carbons (Fsp3) is 0.200. The van der Waals surface area contributed by atoms with E-state index >= 15 is 0 Å². The molecule has 4 heteroatoms. The number of benzene rings is 2. The summed E-state index contributed by atoms with van der Waals surface area (Å²) in [5.41, 5.74) is 3.30. The minimum Gasteiger partial charge on any atom is -0.504 e. The predicted molar refractivity (Wildman–Crippen MR) is 80.9 cm³/mol. The summed E-state index contributed by atoms with van der Waals surface area (Å²) < 4.78 is 6.19. The lowest BCUT2D eigenvalue weighted by Crippen LogP contribution is -2.00. The molecule has 2 aromatic carbocycles. The van der Waals surface area contributed by atoms with E-state index in [1.54, 1.807) is 13.2 Å². The van der Waals surface area contributed by atoms with Gasteiger partial charge in [-0.25, -0.2) is 0 Å². The smallest absolute Gasteiger partial charge is 0.160 e. The van der Waals surface area contributed by atoms with Crippen LogP contribution in [0.25, 0.3) is 0 Å². The third kappa shape index (κ3) is 3.41. The molecule has 0 aliphatic carbocycles. The summed E-state index contributed by atoms with van der Waals surface area (Å²) in [6.45, 7) is 2.73. The summed E-state index contributed by atoms with van der Waals surface area (Å²) in [6.07, 6.45) is 0. The van der Waals surface area contributed by atoms with Crippen LogP contribution >= 0.6 is 15.9 Å². The van der Waals surface area contributed by atoms with E-state index in [9.17, 15) is 5.11 Å². The minimum atomic E-state index is 0.158. The van der Waals surface area contributed by atoms with E-state index in [0.717, 1.165) is 15.7 Å². The summed E-state index contributed by atoms with van der Waals surface area (Å²) in [5.74, 6) is 0.650. The Hall–Kier alpha value is -1.68. The van der Waals surface area contributed by atoms with Gasteiger partial charge in [0.05, 0.1) is 7.11 Å². The van der Waals surface area contributed by atoms with Gasteiger partial charge in [-0.05, 0) is 48.4 Å². The molecule has 0 heterocycles. The second-order valence-electron chi connectivity index (χ2n) is 4.32. The van der Waals surface area contributed by atoms with Gasteiger partial charge in [-0.1, -0.05) is 22.0 Å².